The Labute approximate surface area is 133 Å². The smallest absolute Gasteiger partial charge is 0.0464 e. The zero-order chi connectivity index (χ0) is 13.1. The van der Waals surface area contributed by atoms with Crippen molar-refractivity contribution < 1.29 is 0 Å². The molecule has 96 valence electrons. The van der Waals surface area contributed by atoms with Gasteiger partial charge in [-0.15, -0.1) is 11.3 Å². The average Bonchev–Trinajstić information content (AvgIpc) is 2.72. The first-order valence-corrected chi connectivity index (χ1v) is 8.32. The third kappa shape index (κ3) is 3.58. The molecule has 0 aliphatic carbocycles. The van der Waals surface area contributed by atoms with E-state index in [1.54, 1.807) is 11.3 Å². The standard InChI is InChI=1S/C13H12Br2ClNS/c1-8(10-3-2-9(14)6-12(10)16)17-7-13-11(15)4-5-18-13/h2-6,8,17H,7H2,1H3. The molecule has 1 aromatic heterocycles. The maximum Gasteiger partial charge on any atom is 0.0464 e. The van der Waals surface area contributed by atoms with Gasteiger partial charge in [0.25, 0.3) is 0 Å². The highest BCUT2D eigenvalue weighted by molar-refractivity contribution is 9.10. The average molecular weight is 410 g/mol. The third-order valence-electron chi connectivity index (χ3n) is 2.69. The Hall–Kier alpha value is 0.130. The van der Waals surface area contributed by atoms with Crippen LogP contribution in [-0.2, 0) is 6.54 Å². The third-order valence-corrected chi connectivity index (χ3v) is 5.44. The minimum absolute atomic E-state index is 0.222. The van der Waals surface area contributed by atoms with Crippen molar-refractivity contribution in [3.63, 3.8) is 0 Å². The normalized spacial score (nSPS) is 12.7. The molecule has 0 saturated heterocycles. The van der Waals surface area contributed by atoms with E-state index < -0.39 is 0 Å². The van der Waals surface area contributed by atoms with E-state index in [2.05, 4.69) is 55.5 Å². The number of hydrogen-bond acceptors (Lipinski definition) is 2. The highest BCUT2D eigenvalue weighted by Crippen LogP contribution is 2.28. The summed E-state index contributed by atoms with van der Waals surface area (Å²) < 4.78 is 2.17. The Morgan fingerprint density at radius 1 is 1.33 bits per heavy atom. The van der Waals surface area contributed by atoms with Crippen LogP contribution in [-0.4, -0.2) is 0 Å². The van der Waals surface area contributed by atoms with E-state index >= 15 is 0 Å². The van der Waals surface area contributed by atoms with E-state index in [0.29, 0.717) is 0 Å². The van der Waals surface area contributed by atoms with Crippen LogP contribution in [0.2, 0.25) is 5.02 Å². The van der Waals surface area contributed by atoms with Gasteiger partial charge in [0.05, 0.1) is 0 Å². The molecule has 0 bridgehead atoms. The minimum Gasteiger partial charge on any atom is -0.305 e. The van der Waals surface area contributed by atoms with E-state index in [1.807, 2.05) is 18.2 Å². The molecule has 1 aromatic carbocycles. The summed E-state index contributed by atoms with van der Waals surface area (Å²) in [6.45, 7) is 2.96. The second-order valence-corrected chi connectivity index (χ2v) is 7.14. The Balaban J connectivity index is 2.03. The molecule has 1 N–H and O–H groups in total. The van der Waals surface area contributed by atoms with Gasteiger partial charge in [0.15, 0.2) is 0 Å². The zero-order valence-electron chi connectivity index (χ0n) is 9.71. The molecule has 1 heterocycles. The van der Waals surface area contributed by atoms with Gasteiger partial charge in [-0.2, -0.15) is 0 Å². The largest absolute Gasteiger partial charge is 0.305 e. The van der Waals surface area contributed by atoms with Gasteiger partial charge in [-0.05, 0) is 52.0 Å². The zero-order valence-corrected chi connectivity index (χ0v) is 14.5. The van der Waals surface area contributed by atoms with Crippen LogP contribution < -0.4 is 5.32 Å². The first-order chi connectivity index (χ1) is 8.58. The Bertz CT molecular complexity index is 542. The maximum atomic E-state index is 6.24. The van der Waals surface area contributed by atoms with E-state index in [0.717, 1.165) is 26.1 Å². The predicted molar refractivity (Wildman–Crippen MR) is 86.4 cm³/mol. The van der Waals surface area contributed by atoms with Crippen molar-refractivity contribution in [1.82, 2.24) is 5.32 Å². The molecule has 0 saturated carbocycles. The maximum absolute atomic E-state index is 6.24. The van der Waals surface area contributed by atoms with E-state index in [-0.39, 0.29) is 6.04 Å². The SMILES string of the molecule is CC(NCc1sccc1Br)c1ccc(Br)cc1Cl. The van der Waals surface area contributed by atoms with Crippen molar-refractivity contribution in [3.05, 3.63) is 54.1 Å². The summed E-state index contributed by atoms with van der Waals surface area (Å²) in [4.78, 5) is 1.30. The number of nitrogens with one attached hydrogen (secondary N) is 1. The van der Waals surface area contributed by atoms with Gasteiger partial charge in [0, 0.05) is 31.4 Å². The van der Waals surface area contributed by atoms with Crippen molar-refractivity contribution in [2.45, 2.75) is 19.5 Å². The summed E-state index contributed by atoms with van der Waals surface area (Å²) in [7, 11) is 0. The van der Waals surface area contributed by atoms with E-state index in [9.17, 15) is 0 Å². The fourth-order valence-electron chi connectivity index (χ4n) is 1.66. The minimum atomic E-state index is 0.222. The van der Waals surface area contributed by atoms with E-state index in [4.69, 9.17) is 11.6 Å². The van der Waals surface area contributed by atoms with Crippen molar-refractivity contribution in [2.24, 2.45) is 0 Å². The second-order valence-electron chi connectivity index (χ2n) is 3.96. The highest BCUT2D eigenvalue weighted by Gasteiger charge is 2.10. The van der Waals surface area contributed by atoms with Crippen LogP contribution in [0.5, 0.6) is 0 Å². The van der Waals surface area contributed by atoms with Crippen LogP contribution in [0.25, 0.3) is 0 Å². The van der Waals surface area contributed by atoms with Crippen molar-refractivity contribution in [2.75, 3.05) is 0 Å². The van der Waals surface area contributed by atoms with Crippen LogP contribution >= 0.6 is 54.8 Å². The first kappa shape index (κ1) is 14.5. The summed E-state index contributed by atoms with van der Waals surface area (Å²) in [5, 5.41) is 6.35. The Morgan fingerprint density at radius 3 is 2.72 bits per heavy atom. The fourth-order valence-corrected chi connectivity index (χ4v) is 3.94. The lowest BCUT2D eigenvalue weighted by atomic mass is 10.1. The number of thiophene rings is 1. The fraction of sp³-hybridized carbons (Fsp3) is 0.231. The monoisotopic (exact) mass is 407 g/mol. The molecule has 0 spiro atoms. The Morgan fingerprint density at radius 2 is 2.11 bits per heavy atom. The summed E-state index contributed by atoms with van der Waals surface area (Å²) in [5.74, 6) is 0. The van der Waals surface area contributed by atoms with Gasteiger partial charge in [-0.25, -0.2) is 0 Å². The summed E-state index contributed by atoms with van der Waals surface area (Å²) in [6.07, 6.45) is 0. The second kappa shape index (κ2) is 6.53. The number of hydrogen-bond donors (Lipinski definition) is 1. The summed E-state index contributed by atoms with van der Waals surface area (Å²) in [6, 6.07) is 8.28. The molecule has 2 aromatic rings. The first-order valence-electron chi connectivity index (χ1n) is 5.48. The quantitative estimate of drug-likeness (QED) is 0.675. The molecule has 0 aliphatic rings. The molecule has 0 amide bonds. The molecule has 0 radical (unpaired) electrons. The van der Waals surface area contributed by atoms with Crippen LogP contribution in [0.3, 0.4) is 0 Å². The van der Waals surface area contributed by atoms with Gasteiger partial charge < -0.3 is 5.32 Å². The lowest BCUT2D eigenvalue weighted by Gasteiger charge is -2.15. The highest BCUT2D eigenvalue weighted by atomic mass is 79.9. The van der Waals surface area contributed by atoms with Crippen LogP contribution in [0, 0.1) is 0 Å². The summed E-state index contributed by atoms with van der Waals surface area (Å²) in [5.41, 5.74) is 1.12. The molecule has 5 heteroatoms. The molecule has 0 aliphatic heterocycles. The lowest BCUT2D eigenvalue weighted by molar-refractivity contribution is 0.578. The van der Waals surface area contributed by atoms with Crippen molar-refractivity contribution in [3.8, 4) is 0 Å². The number of halogens is 3. The molecular weight excluding hydrogens is 397 g/mol. The molecule has 1 atom stereocenters. The summed E-state index contributed by atoms with van der Waals surface area (Å²) >= 11 is 14.9. The van der Waals surface area contributed by atoms with Gasteiger partial charge in [-0.3, -0.25) is 0 Å². The van der Waals surface area contributed by atoms with Crippen LogP contribution in [0.4, 0.5) is 0 Å². The predicted octanol–water partition coefficient (Wildman–Crippen LogP) is 5.78. The Kier molecular flexibility index (Phi) is 5.27. The topological polar surface area (TPSA) is 12.0 Å². The van der Waals surface area contributed by atoms with Crippen LogP contribution in [0.15, 0.2) is 38.6 Å². The van der Waals surface area contributed by atoms with Gasteiger partial charge in [0.1, 0.15) is 0 Å². The van der Waals surface area contributed by atoms with Gasteiger partial charge in [-0.1, -0.05) is 33.6 Å². The molecule has 1 unspecified atom stereocenters. The molecule has 0 fully saturated rings. The lowest BCUT2D eigenvalue weighted by Crippen LogP contribution is -2.18. The van der Waals surface area contributed by atoms with Crippen LogP contribution in [0.1, 0.15) is 23.4 Å². The number of benzene rings is 1. The number of rotatable bonds is 4. The van der Waals surface area contributed by atoms with Gasteiger partial charge >= 0.3 is 0 Å². The molecule has 1 nitrogen and oxygen atoms in total. The molecule has 18 heavy (non-hydrogen) atoms. The van der Waals surface area contributed by atoms with Crippen molar-refractivity contribution >= 4 is 54.8 Å². The molecule has 2 rings (SSSR count). The van der Waals surface area contributed by atoms with Gasteiger partial charge in [0.2, 0.25) is 0 Å². The molecular formula is C13H12Br2ClNS. The van der Waals surface area contributed by atoms with Crippen molar-refractivity contribution in [1.29, 1.82) is 0 Å². The van der Waals surface area contributed by atoms with E-state index in [1.165, 1.54) is 4.88 Å².